The highest BCUT2D eigenvalue weighted by molar-refractivity contribution is 8.00. The second kappa shape index (κ2) is 5.21. The van der Waals surface area contributed by atoms with Crippen LogP contribution >= 0.6 is 11.8 Å². The number of hydrogen-bond acceptors (Lipinski definition) is 3. The van der Waals surface area contributed by atoms with Gasteiger partial charge in [0, 0.05) is 6.54 Å². The Hall–Kier alpha value is -0.220. The summed E-state index contributed by atoms with van der Waals surface area (Å²) in [6, 6.07) is 0. The molecule has 1 aliphatic heterocycles. The van der Waals surface area contributed by atoms with Gasteiger partial charge in [0.15, 0.2) is 0 Å². The van der Waals surface area contributed by atoms with Gasteiger partial charge in [-0.1, -0.05) is 0 Å². The molecule has 3 nitrogen and oxygen atoms in total. The molecule has 1 amide bonds. The molecule has 4 heteroatoms. The first-order chi connectivity index (χ1) is 7.25. The van der Waals surface area contributed by atoms with Gasteiger partial charge in [-0.2, -0.15) is 0 Å². The first-order valence-electron chi connectivity index (χ1n) is 5.83. The van der Waals surface area contributed by atoms with Crippen LogP contribution in [0.1, 0.15) is 32.1 Å². The monoisotopic (exact) mass is 229 g/mol. The Morgan fingerprint density at radius 3 is 2.87 bits per heavy atom. The van der Waals surface area contributed by atoms with E-state index in [1.807, 2.05) is 0 Å². The summed E-state index contributed by atoms with van der Waals surface area (Å²) in [7, 11) is 0. The van der Waals surface area contributed by atoms with Crippen LogP contribution in [0.15, 0.2) is 0 Å². The zero-order valence-electron chi connectivity index (χ0n) is 8.95. The van der Waals surface area contributed by atoms with Gasteiger partial charge < -0.3 is 10.4 Å². The lowest BCUT2D eigenvalue weighted by molar-refractivity contribution is -0.120. The van der Waals surface area contributed by atoms with Gasteiger partial charge in [-0.3, -0.25) is 4.79 Å². The molecule has 0 aromatic rings. The fourth-order valence-electron chi connectivity index (χ4n) is 2.38. The molecule has 3 atom stereocenters. The Morgan fingerprint density at radius 2 is 2.27 bits per heavy atom. The van der Waals surface area contributed by atoms with Gasteiger partial charge in [0.05, 0.1) is 11.4 Å². The second-order valence-electron chi connectivity index (χ2n) is 4.58. The van der Waals surface area contributed by atoms with Crippen LogP contribution in [0.5, 0.6) is 0 Å². The minimum absolute atomic E-state index is 0.132. The third-order valence-corrected chi connectivity index (χ3v) is 4.68. The van der Waals surface area contributed by atoms with Crippen LogP contribution in [-0.4, -0.2) is 34.7 Å². The summed E-state index contributed by atoms with van der Waals surface area (Å²) in [6.07, 6.45) is 4.89. The maximum Gasteiger partial charge on any atom is 0.233 e. The van der Waals surface area contributed by atoms with Gasteiger partial charge in [0.1, 0.15) is 0 Å². The highest BCUT2D eigenvalue weighted by atomic mass is 32.2. The molecule has 3 unspecified atom stereocenters. The van der Waals surface area contributed by atoms with Crippen LogP contribution in [0.2, 0.25) is 0 Å². The Kier molecular flexibility index (Phi) is 3.92. The number of thioether (sulfide) groups is 1. The first kappa shape index (κ1) is 11.3. The summed E-state index contributed by atoms with van der Waals surface area (Å²) < 4.78 is 0. The van der Waals surface area contributed by atoms with Crippen molar-refractivity contribution < 1.29 is 9.90 Å². The van der Waals surface area contributed by atoms with Gasteiger partial charge in [0.2, 0.25) is 5.91 Å². The summed E-state index contributed by atoms with van der Waals surface area (Å²) in [5.74, 6) is 1.83. The number of aliphatic hydroxyl groups excluding tert-OH is 1. The Labute approximate surface area is 95.0 Å². The van der Waals surface area contributed by atoms with Crippen molar-refractivity contribution >= 4 is 17.7 Å². The van der Waals surface area contributed by atoms with E-state index in [0.717, 1.165) is 38.0 Å². The number of carbonyl (C=O) groups excluding carboxylic acids is 1. The molecule has 1 saturated carbocycles. The topological polar surface area (TPSA) is 49.3 Å². The Bertz CT molecular complexity index is 229. The van der Waals surface area contributed by atoms with Crippen molar-refractivity contribution in [3.05, 3.63) is 0 Å². The van der Waals surface area contributed by atoms with Crippen LogP contribution in [0, 0.1) is 5.92 Å². The smallest absolute Gasteiger partial charge is 0.233 e. The highest BCUT2D eigenvalue weighted by Crippen LogP contribution is 2.27. The molecule has 0 radical (unpaired) electrons. The standard InChI is InChI=1S/C11H19NO2S/c13-9-4-3-8(6-9)7-12-11(14)10-2-1-5-15-10/h8-10,13H,1-7H2,(H,12,14). The lowest BCUT2D eigenvalue weighted by Crippen LogP contribution is -2.34. The largest absolute Gasteiger partial charge is 0.393 e. The molecule has 0 bridgehead atoms. The van der Waals surface area contributed by atoms with E-state index in [1.54, 1.807) is 11.8 Å². The van der Waals surface area contributed by atoms with Gasteiger partial charge >= 0.3 is 0 Å². The Balaban J connectivity index is 1.66. The predicted octanol–water partition coefficient (Wildman–Crippen LogP) is 1.16. The van der Waals surface area contributed by atoms with Crippen LogP contribution in [0.3, 0.4) is 0 Å². The summed E-state index contributed by atoms with van der Waals surface area (Å²) in [5.41, 5.74) is 0. The molecule has 0 aromatic carbocycles. The lowest BCUT2D eigenvalue weighted by Gasteiger charge is -2.13. The average Bonchev–Trinajstić information content (AvgIpc) is 2.84. The molecule has 2 rings (SSSR count). The van der Waals surface area contributed by atoms with E-state index in [9.17, 15) is 9.90 Å². The number of hydrogen-bond donors (Lipinski definition) is 2. The maximum atomic E-state index is 11.7. The zero-order valence-corrected chi connectivity index (χ0v) is 9.76. The zero-order chi connectivity index (χ0) is 10.7. The van der Waals surface area contributed by atoms with Crippen LogP contribution in [-0.2, 0) is 4.79 Å². The average molecular weight is 229 g/mol. The van der Waals surface area contributed by atoms with Crippen molar-refractivity contribution in [3.63, 3.8) is 0 Å². The van der Waals surface area contributed by atoms with E-state index < -0.39 is 0 Å². The molecule has 15 heavy (non-hydrogen) atoms. The number of amides is 1. The normalized spacial score (nSPS) is 35.7. The van der Waals surface area contributed by atoms with E-state index in [-0.39, 0.29) is 17.3 Å². The van der Waals surface area contributed by atoms with E-state index >= 15 is 0 Å². The predicted molar refractivity (Wildman–Crippen MR) is 61.8 cm³/mol. The van der Waals surface area contributed by atoms with E-state index in [2.05, 4.69) is 5.32 Å². The summed E-state index contributed by atoms with van der Waals surface area (Å²) >= 11 is 1.77. The summed E-state index contributed by atoms with van der Waals surface area (Å²) in [4.78, 5) is 11.7. The van der Waals surface area contributed by atoms with Crippen LogP contribution in [0.4, 0.5) is 0 Å². The number of carbonyl (C=O) groups is 1. The summed E-state index contributed by atoms with van der Waals surface area (Å²) in [6.45, 7) is 0.757. The number of rotatable bonds is 3. The molecule has 1 aliphatic carbocycles. The quantitative estimate of drug-likeness (QED) is 0.763. The summed E-state index contributed by atoms with van der Waals surface area (Å²) in [5, 5.41) is 12.6. The number of aliphatic hydroxyl groups is 1. The minimum atomic E-state index is -0.132. The molecule has 1 saturated heterocycles. The molecular formula is C11H19NO2S. The second-order valence-corrected chi connectivity index (χ2v) is 5.89. The molecule has 2 fully saturated rings. The molecule has 2 aliphatic rings. The van der Waals surface area contributed by atoms with Gasteiger partial charge in [-0.25, -0.2) is 0 Å². The van der Waals surface area contributed by atoms with Crippen molar-refractivity contribution in [1.82, 2.24) is 5.32 Å². The van der Waals surface area contributed by atoms with Crippen LogP contribution < -0.4 is 5.32 Å². The van der Waals surface area contributed by atoms with E-state index in [4.69, 9.17) is 0 Å². The Morgan fingerprint density at radius 1 is 1.40 bits per heavy atom. The van der Waals surface area contributed by atoms with Crippen molar-refractivity contribution in [2.45, 2.75) is 43.5 Å². The molecule has 0 spiro atoms. The first-order valence-corrected chi connectivity index (χ1v) is 6.88. The molecule has 86 valence electrons. The highest BCUT2D eigenvalue weighted by Gasteiger charge is 2.26. The SMILES string of the molecule is O=C(NCC1CCC(O)C1)C1CCCS1. The third-order valence-electron chi connectivity index (χ3n) is 3.30. The van der Waals surface area contributed by atoms with Crippen molar-refractivity contribution in [1.29, 1.82) is 0 Å². The third kappa shape index (κ3) is 3.11. The van der Waals surface area contributed by atoms with Crippen molar-refractivity contribution in [2.75, 3.05) is 12.3 Å². The van der Waals surface area contributed by atoms with Gasteiger partial charge in [-0.05, 0) is 43.8 Å². The lowest BCUT2D eigenvalue weighted by atomic mass is 10.1. The van der Waals surface area contributed by atoms with Crippen molar-refractivity contribution in [3.8, 4) is 0 Å². The molecule has 2 N–H and O–H groups in total. The van der Waals surface area contributed by atoms with Crippen molar-refractivity contribution in [2.24, 2.45) is 5.92 Å². The fourth-order valence-corrected chi connectivity index (χ4v) is 3.56. The molecule has 0 aromatic heterocycles. The van der Waals surface area contributed by atoms with Crippen LogP contribution in [0.25, 0.3) is 0 Å². The fraction of sp³-hybridized carbons (Fsp3) is 0.909. The molecule has 1 heterocycles. The van der Waals surface area contributed by atoms with Gasteiger partial charge in [-0.15, -0.1) is 11.8 Å². The minimum Gasteiger partial charge on any atom is -0.393 e. The van der Waals surface area contributed by atoms with E-state index in [0.29, 0.717) is 5.92 Å². The molecular weight excluding hydrogens is 210 g/mol. The maximum absolute atomic E-state index is 11.7. The van der Waals surface area contributed by atoms with Gasteiger partial charge in [0.25, 0.3) is 0 Å². The van der Waals surface area contributed by atoms with E-state index in [1.165, 1.54) is 6.42 Å². The number of nitrogens with one attached hydrogen (secondary N) is 1.